The highest BCUT2D eigenvalue weighted by Gasteiger charge is 2.14. The van der Waals surface area contributed by atoms with E-state index in [1.807, 2.05) is 0 Å². The van der Waals surface area contributed by atoms with Crippen molar-refractivity contribution in [3.05, 3.63) is 40.2 Å². The SMILES string of the molecule is CC(C)(C)OC(=O)NCC=Cc1ccc([N+](=O)[O-])cn1. The zero-order valence-electron chi connectivity index (χ0n) is 11.6. The van der Waals surface area contributed by atoms with Crippen LogP contribution in [0.15, 0.2) is 24.4 Å². The number of hydrogen-bond acceptors (Lipinski definition) is 5. The second-order valence-corrected chi connectivity index (χ2v) is 4.98. The molecule has 1 amide bonds. The standard InChI is InChI=1S/C13H17N3O4/c1-13(2,3)20-12(17)14-8-4-5-10-6-7-11(9-15-10)16(18)19/h4-7,9H,8H2,1-3H3,(H,14,17). The topological polar surface area (TPSA) is 94.4 Å². The highest BCUT2D eigenvalue weighted by atomic mass is 16.6. The summed E-state index contributed by atoms with van der Waals surface area (Å²) in [5, 5.41) is 13.0. The summed E-state index contributed by atoms with van der Waals surface area (Å²) in [7, 11) is 0. The maximum Gasteiger partial charge on any atom is 0.407 e. The number of carbonyl (C=O) groups excluding carboxylic acids is 1. The smallest absolute Gasteiger partial charge is 0.407 e. The van der Waals surface area contributed by atoms with Crippen LogP contribution in [0, 0.1) is 10.1 Å². The Labute approximate surface area is 116 Å². The molecule has 1 N–H and O–H groups in total. The molecule has 0 aliphatic rings. The van der Waals surface area contributed by atoms with Crippen LogP contribution in [0.3, 0.4) is 0 Å². The van der Waals surface area contributed by atoms with Gasteiger partial charge in [0.15, 0.2) is 0 Å². The summed E-state index contributed by atoms with van der Waals surface area (Å²) >= 11 is 0. The van der Waals surface area contributed by atoms with E-state index in [0.29, 0.717) is 5.69 Å². The van der Waals surface area contributed by atoms with Crippen molar-refractivity contribution in [2.45, 2.75) is 26.4 Å². The summed E-state index contributed by atoms with van der Waals surface area (Å²) in [6.45, 7) is 5.63. The van der Waals surface area contributed by atoms with Gasteiger partial charge in [-0.15, -0.1) is 0 Å². The van der Waals surface area contributed by atoms with Crippen molar-refractivity contribution >= 4 is 17.9 Å². The van der Waals surface area contributed by atoms with Gasteiger partial charge in [-0.25, -0.2) is 9.78 Å². The van der Waals surface area contributed by atoms with Gasteiger partial charge in [-0.05, 0) is 32.9 Å². The average molecular weight is 279 g/mol. The number of carbonyl (C=O) groups is 1. The number of aromatic nitrogens is 1. The lowest BCUT2D eigenvalue weighted by atomic mass is 10.2. The fourth-order valence-electron chi connectivity index (χ4n) is 1.24. The molecule has 1 aromatic rings. The van der Waals surface area contributed by atoms with Gasteiger partial charge in [0.25, 0.3) is 5.69 Å². The molecule has 108 valence electrons. The summed E-state index contributed by atoms with van der Waals surface area (Å²) in [5.74, 6) is 0. The molecule has 7 heteroatoms. The Morgan fingerprint density at radius 2 is 2.20 bits per heavy atom. The van der Waals surface area contributed by atoms with E-state index in [1.54, 1.807) is 32.9 Å². The van der Waals surface area contributed by atoms with Crippen LogP contribution in [-0.2, 0) is 4.74 Å². The molecule has 1 heterocycles. The third-order valence-electron chi connectivity index (χ3n) is 2.03. The minimum absolute atomic E-state index is 0.0611. The van der Waals surface area contributed by atoms with Gasteiger partial charge in [0.2, 0.25) is 0 Å². The molecular formula is C13H17N3O4. The normalized spacial score (nSPS) is 11.3. The fraction of sp³-hybridized carbons (Fsp3) is 0.385. The Morgan fingerprint density at radius 1 is 1.50 bits per heavy atom. The zero-order chi connectivity index (χ0) is 15.2. The van der Waals surface area contributed by atoms with Gasteiger partial charge in [-0.3, -0.25) is 10.1 Å². The summed E-state index contributed by atoms with van der Waals surface area (Å²) in [6, 6.07) is 2.90. The molecule has 0 bridgehead atoms. The predicted octanol–water partition coefficient (Wildman–Crippen LogP) is 2.53. The van der Waals surface area contributed by atoms with Crippen LogP contribution in [0.1, 0.15) is 26.5 Å². The van der Waals surface area contributed by atoms with Crippen LogP contribution in [0.4, 0.5) is 10.5 Å². The number of nitrogens with zero attached hydrogens (tertiary/aromatic N) is 2. The minimum atomic E-state index is -0.534. The molecule has 0 unspecified atom stereocenters. The molecule has 1 aromatic heterocycles. The van der Waals surface area contributed by atoms with Gasteiger partial charge in [-0.2, -0.15) is 0 Å². The lowest BCUT2D eigenvalue weighted by molar-refractivity contribution is -0.385. The Hall–Kier alpha value is -2.44. The second-order valence-electron chi connectivity index (χ2n) is 4.98. The van der Waals surface area contributed by atoms with Crippen molar-refractivity contribution < 1.29 is 14.5 Å². The lowest BCUT2D eigenvalue weighted by Gasteiger charge is -2.19. The number of ether oxygens (including phenoxy) is 1. The van der Waals surface area contributed by atoms with E-state index >= 15 is 0 Å². The Bertz CT molecular complexity index is 503. The first kappa shape index (κ1) is 15.6. The Kier molecular flexibility index (Phi) is 5.19. The first-order valence-corrected chi connectivity index (χ1v) is 6.02. The van der Waals surface area contributed by atoms with Crippen molar-refractivity contribution in [2.24, 2.45) is 0 Å². The van der Waals surface area contributed by atoms with Crippen molar-refractivity contribution in [1.29, 1.82) is 0 Å². The van der Waals surface area contributed by atoms with Crippen LogP contribution >= 0.6 is 0 Å². The fourth-order valence-corrected chi connectivity index (χ4v) is 1.24. The molecule has 0 saturated carbocycles. The monoisotopic (exact) mass is 279 g/mol. The maximum absolute atomic E-state index is 11.3. The third-order valence-corrected chi connectivity index (χ3v) is 2.03. The molecule has 7 nitrogen and oxygen atoms in total. The number of rotatable bonds is 4. The molecule has 0 aliphatic carbocycles. The van der Waals surface area contributed by atoms with Crippen molar-refractivity contribution in [3.63, 3.8) is 0 Å². The maximum atomic E-state index is 11.3. The zero-order valence-corrected chi connectivity index (χ0v) is 11.6. The molecule has 0 atom stereocenters. The molecule has 0 aromatic carbocycles. The molecule has 0 fully saturated rings. The summed E-state index contributed by atoms with van der Waals surface area (Å²) in [5.41, 5.74) is -0.0242. The molecule has 0 spiro atoms. The first-order chi connectivity index (χ1) is 9.28. The number of amides is 1. The van der Waals surface area contributed by atoms with Crippen molar-refractivity contribution in [3.8, 4) is 0 Å². The Morgan fingerprint density at radius 3 is 2.70 bits per heavy atom. The molecule has 20 heavy (non-hydrogen) atoms. The molecule has 1 rings (SSSR count). The summed E-state index contributed by atoms with van der Waals surface area (Å²) < 4.78 is 5.06. The number of hydrogen-bond donors (Lipinski definition) is 1. The van der Waals surface area contributed by atoms with Gasteiger partial charge in [0.05, 0.1) is 10.6 Å². The van der Waals surface area contributed by atoms with Crippen LogP contribution in [0.25, 0.3) is 6.08 Å². The number of alkyl carbamates (subject to hydrolysis) is 1. The van der Waals surface area contributed by atoms with Crippen LogP contribution in [-0.4, -0.2) is 28.1 Å². The predicted molar refractivity (Wildman–Crippen MR) is 74.2 cm³/mol. The average Bonchev–Trinajstić information content (AvgIpc) is 2.33. The molecule has 0 radical (unpaired) electrons. The summed E-state index contributed by atoms with van der Waals surface area (Å²) in [4.78, 5) is 25.2. The second kappa shape index (κ2) is 6.65. The van der Waals surface area contributed by atoms with Crippen molar-refractivity contribution in [2.75, 3.05) is 6.54 Å². The highest BCUT2D eigenvalue weighted by molar-refractivity contribution is 5.68. The first-order valence-electron chi connectivity index (χ1n) is 6.02. The van der Waals surface area contributed by atoms with Crippen LogP contribution in [0.2, 0.25) is 0 Å². The lowest BCUT2D eigenvalue weighted by Crippen LogP contribution is -2.32. The van der Waals surface area contributed by atoms with Gasteiger partial charge < -0.3 is 10.1 Å². The number of nitrogens with one attached hydrogen (secondary N) is 1. The largest absolute Gasteiger partial charge is 0.444 e. The molecule has 0 saturated heterocycles. The van der Waals surface area contributed by atoms with Crippen molar-refractivity contribution in [1.82, 2.24) is 10.3 Å². The van der Waals surface area contributed by atoms with Gasteiger partial charge in [0.1, 0.15) is 11.8 Å². The van der Waals surface area contributed by atoms with E-state index in [1.165, 1.54) is 18.3 Å². The van der Waals surface area contributed by atoms with E-state index in [0.717, 1.165) is 0 Å². The van der Waals surface area contributed by atoms with Gasteiger partial charge >= 0.3 is 6.09 Å². The number of pyridine rings is 1. The molecular weight excluding hydrogens is 262 g/mol. The highest BCUT2D eigenvalue weighted by Crippen LogP contribution is 2.09. The number of nitro groups is 1. The van der Waals surface area contributed by atoms with E-state index in [-0.39, 0.29) is 12.2 Å². The quantitative estimate of drug-likeness (QED) is 0.675. The Balaban J connectivity index is 2.42. The van der Waals surface area contributed by atoms with E-state index in [2.05, 4.69) is 10.3 Å². The van der Waals surface area contributed by atoms with Crippen LogP contribution in [0.5, 0.6) is 0 Å². The van der Waals surface area contributed by atoms with E-state index in [9.17, 15) is 14.9 Å². The molecule has 0 aliphatic heterocycles. The minimum Gasteiger partial charge on any atom is -0.444 e. The van der Waals surface area contributed by atoms with E-state index in [4.69, 9.17) is 4.74 Å². The summed E-state index contributed by atoms with van der Waals surface area (Å²) in [6.07, 6.45) is 4.01. The van der Waals surface area contributed by atoms with Crippen LogP contribution < -0.4 is 5.32 Å². The van der Waals surface area contributed by atoms with Gasteiger partial charge in [-0.1, -0.05) is 6.08 Å². The van der Waals surface area contributed by atoms with Gasteiger partial charge in [0, 0.05) is 12.6 Å². The van der Waals surface area contributed by atoms with E-state index < -0.39 is 16.6 Å². The third kappa shape index (κ3) is 5.94.